The highest BCUT2D eigenvalue weighted by Gasteiger charge is 2.17. The molecule has 110 valence electrons. The minimum atomic E-state index is -0.565. The second kappa shape index (κ2) is 6.99. The summed E-state index contributed by atoms with van der Waals surface area (Å²) in [5, 5.41) is 2.81. The molecular weight excluding hydrogens is 281 g/mol. The monoisotopic (exact) mass is 299 g/mol. The van der Waals surface area contributed by atoms with Gasteiger partial charge in [-0.05, 0) is 37.9 Å². The summed E-state index contributed by atoms with van der Waals surface area (Å²) in [6, 6.07) is 1.11. The van der Waals surface area contributed by atoms with Crippen molar-refractivity contribution in [1.29, 1.82) is 0 Å². The lowest BCUT2D eigenvalue weighted by atomic mass is 10.1. The molecule has 1 fully saturated rings. The third kappa shape index (κ3) is 4.15. The van der Waals surface area contributed by atoms with Crippen LogP contribution in [0, 0.1) is 11.7 Å². The van der Waals surface area contributed by atoms with Crippen LogP contribution in [0.2, 0.25) is 5.15 Å². The molecule has 6 heteroatoms. The number of aromatic nitrogens is 1. The Labute approximate surface area is 123 Å². The Kier molecular flexibility index (Phi) is 5.31. The van der Waals surface area contributed by atoms with Crippen molar-refractivity contribution < 1.29 is 9.18 Å². The second-order valence-electron chi connectivity index (χ2n) is 5.31. The summed E-state index contributed by atoms with van der Waals surface area (Å²) >= 11 is 5.80. The average Bonchev–Trinajstić information content (AvgIpc) is 2.91. The smallest absolute Gasteiger partial charge is 0.254 e. The number of carbonyl (C=O) groups is 1. The van der Waals surface area contributed by atoms with Gasteiger partial charge in [0.25, 0.3) is 5.91 Å². The van der Waals surface area contributed by atoms with Crippen LogP contribution in [0.15, 0.2) is 12.3 Å². The minimum Gasteiger partial charge on any atom is -0.352 e. The van der Waals surface area contributed by atoms with Crippen LogP contribution in [-0.2, 0) is 0 Å². The Morgan fingerprint density at radius 1 is 1.55 bits per heavy atom. The van der Waals surface area contributed by atoms with Crippen molar-refractivity contribution >= 4 is 17.5 Å². The lowest BCUT2D eigenvalue weighted by molar-refractivity contribution is 0.0944. The number of carbonyl (C=O) groups excluding carboxylic acids is 1. The summed E-state index contributed by atoms with van der Waals surface area (Å²) in [5.41, 5.74) is 0.0834. The van der Waals surface area contributed by atoms with Crippen molar-refractivity contribution in [3.8, 4) is 0 Å². The van der Waals surface area contributed by atoms with Gasteiger partial charge in [-0.1, -0.05) is 18.5 Å². The molecular formula is C14H19ClFN3O. The quantitative estimate of drug-likeness (QED) is 0.849. The van der Waals surface area contributed by atoms with Crippen LogP contribution in [0.5, 0.6) is 0 Å². The highest BCUT2D eigenvalue weighted by Crippen LogP contribution is 2.14. The fourth-order valence-corrected chi connectivity index (χ4v) is 2.60. The van der Waals surface area contributed by atoms with Gasteiger partial charge < -0.3 is 10.2 Å². The van der Waals surface area contributed by atoms with E-state index in [1.165, 1.54) is 12.8 Å². The van der Waals surface area contributed by atoms with Crippen molar-refractivity contribution in [3.63, 3.8) is 0 Å². The van der Waals surface area contributed by atoms with E-state index in [1.54, 1.807) is 0 Å². The number of amides is 1. The van der Waals surface area contributed by atoms with Gasteiger partial charge in [-0.25, -0.2) is 9.37 Å². The number of halogens is 2. The molecule has 0 aliphatic carbocycles. The number of likely N-dealkylation sites (tertiary alicyclic amines) is 1. The molecule has 1 amide bonds. The molecule has 1 unspecified atom stereocenters. The minimum absolute atomic E-state index is 0.0242. The van der Waals surface area contributed by atoms with Gasteiger partial charge in [-0.2, -0.15) is 0 Å². The van der Waals surface area contributed by atoms with E-state index < -0.39 is 5.82 Å². The molecule has 1 atom stereocenters. The molecule has 1 aromatic rings. The fraction of sp³-hybridized carbons (Fsp3) is 0.571. The number of hydrogen-bond acceptors (Lipinski definition) is 3. The van der Waals surface area contributed by atoms with Crippen LogP contribution in [-0.4, -0.2) is 42.0 Å². The van der Waals surface area contributed by atoms with E-state index >= 15 is 0 Å². The first-order valence-electron chi connectivity index (χ1n) is 6.88. The maximum atomic E-state index is 13.1. The number of nitrogens with one attached hydrogen (secondary N) is 1. The van der Waals surface area contributed by atoms with Crippen molar-refractivity contribution in [1.82, 2.24) is 15.2 Å². The topological polar surface area (TPSA) is 45.2 Å². The van der Waals surface area contributed by atoms with Crippen molar-refractivity contribution in [2.75, 3.05) is 26.2 Å². The molecule has 0 aromatic carbocycles. The summed E-state index contributed by atoms with van der Waals surface area (Å²) in [4.78, 5) is 18.0. The molecule has 20 heavy (non-hydrogen) atoms. The molecule has 1 aliphatic heterocycles. The molecule has 2 rings (SSSR count). The van der Waals surface area contributed by atoms with Crippen LogP contribution < -0.4 is 5.32 Å². The van der Waals surface area contributed by atoms with Crippen LogP contribution in [0.3, 0.4) is 0 Å². The van der Waals surface area contributed by atoms with Crippen LogP contribution in [0.4, 0.5) is 4.39 Å². The zero-order chi connectivity index (χ0) is 14.5. The summed E-state index contributed by atoms with van der Waals surface area (Å²) in [6.45, 7) is 5.87. The largest absolute Gasteiger partial charge is 0.352 e. The maximum absolute atomic E-state index is 13.1. The normalized spacial score (nSPS) is 17.1. The van der Waals surface area contributed by atoms with Gasteiger partial charge in [-0.15, -0.1) is 0 Å². The lowest BCUT2D eigenvalue weighted by Crippen LogP contribution is -2.34. The maximum Gasteiger partial charge on any atom is 0.254 e. The Morgan fingerprint density at radius 3 is 2.95 bits per heavy atom. The first-order chi connectivity index (χ1) is 9.56. The van der Waals surface area contributed by atoms with Gasteiger partial charge >= 0.3 is 0 Å². The summed E-state index contributed by atoms with van der Waals surface area (Å²) in [6.07, 6.45) is 3.50. The van der Waals surface area contributed by atoms with E-state index in [9.17, 15) is 9.18 Å². The predicted octanol–water partition coefficient (Wildman–Crippen LogP) is 2.34. The van der Waals surface area contributed by atoms with E-state index in [0.29, 0.717) is 12.5 Å². The van der Waals surface area contributed by atoms with Gasteiger partial charge in [0.1, 0.15) is 11.0 Å². The molecule has 1 aliphatic rings. The molecule has 1 aromatic heterocycles. The number of rotatable bonds is 5. The molecule has 0 bridgehead atoms. The first kappa shape index (κ1) is 15.2. The lowest BCUT2D eigenvalue weighted by Gasteiger charge is -2.20. The van der Waals surface area contributed by atoms with Crippen LogP contribution >= 0.6 is 11.6 Å². The second-order valence-corrected chi connectivity index (χ2v) is 5.67. The molecule has 0 radical (unpaired) electrons. The predicted molar refractivity (Wildman–Crippen MR) is 76.4 cm³/mol. The van der Waals surface area contributed by atoms with Crippen molar-refractivity contribution in [3.05, 3.63) is 28.8 Å². The molecule has 0 spiro atoms. The Balaban J connectivity index is 1.83. The van der Waals surface area contributed by atoms with Crippen molar-refractivity contribution in [2.45, 2.75) is 19.8 Å². The van der Waals surface area contributed by atoms with Crippen LogP contribution in [0.25, 0.3) is 0 Å². The van der Waals surface area contributed by atoms with E-state index in [0.717, 1.165) is 31.9 Å². The fourth-order valence-electron chi connectivity index (χ4n) is 2.41. The van der Waals surface area contributed by atoms with Gasteiger partial charge in [0, 0.05) is 13.1 Å². The van der Waals surface area contributed by atoms with E-state index in [-0.39, 0.29) is 16.6 Å². The standard InChI is InChI=1S/C14H19ClFN3O/c1-10(9-19-4-2-3-5-19)7-18-14(20)12-6-11(16)8-17-13(12)15/h6,8,10H,2-5,7,9H2,1H3,(H,18,20). The van der Waals surface area contributed by atoms with Crippen molar-refractivity contribution in [2.24, 2.45) is 5.92 Å². The van der Waals surface area contributed by atoms with Gasteiger partial charge in [0.15, 0.2) is 0 Å². The third-order valence-electron chi connectivity index (χ3n) is 3.43. The Hall–Kier alpha value is -1.20. The summed E-state index contributed by atoms with van der Waals surface area (Å²) < 4.78 is 13.1. The Morgan fingerprint density at radius 2 is 2.25 bits per heavy atom. The zero-order valence-corrected chi connectivity index (χ0v) is 12.3. The summed E-state index contributed by atoms with van der Waals surface area (Å²) in [7, 11) is 0. The Bertz CT molecular complexity index is 477. The van der Waals surface area contributed by atoms with E-state index in [4.69, 9.17) is 11.6 Å². The molecule has 0 saturated carbocycles. The molecule has 4 nitrogen and oxygen atoms in total. The van der Waals surface area contributed by atoms with E-state index in [1.807, 2.05) is 0 Å². The highest BCUT2D eigenvalue weighted by molar-refractivity contribution is 6.32. The van der Waals surface area contributed by atoms with Gasteiger partial charge in [0.2, 0.25) is 0 Å². The highest BCUT2D eigenvalue weighted by atomic mass is 35.5. The van der Waals surface area contributed by atoms with E-state index in [2.05, 4.69) is 22.1 Å². The molecule has 2 heterocycles. The number of pyridine rings is 1. The molecule has 1 N–H and O–H groups in total. The summed E-state index contributed by atoms with van der Waals surface area (Å²) in [5.74, 6) is -0.600. The number of nitrogens with zero attached hydrogens (tertiary/aromatic N) is 2. The SMILES string of the molecule is CC(CNC(=O)c1cc(F)cnc1Cl)CN1CCCC1. The molecule has 1 saturated heterocycles. The van der Waals surface area contributed by atoms with Gasteiger partial charge in [-0.3, -0.25) is 4.79 Å². The van der Waals surface area contributed by atoms with Gasteiger partial charge in [0.05, 0.1) is 11.8 Å². The van der Waals surface area contributed by atoms with Crippen LogP contribution in [0.1, 0.15) is 30.1 Å². The third-order valence-corrected chi connectivity index (χ3v) is 3.73. The average molecular weight is 300 g/mol. The first-order valence-corrected chi connectivity index (χ1v) is 7.25. The zero-order valence-electron chi connectivity index (χ0n) is 11.5. The number of hydrogen-bond donors (Lipinski definition) is 1.